The minimum Gasteiger partial charge on any atom is -0.130 e. The molecule has 0 aliphatic heterocycles. The van der Waals surface area contributed by atoms with Crippen molar-refractivity contribution in [1.82, 2.24) is 0 Å². The van der Waals surface area contributed by atoms with Gasteiger partial charge in [0.1, 0.15) is 0 Å². The molecule has 0 N–H and O–H groups in total. The second kappa shape index (κ2) is 8.77. The van der Waals surface area contributed by atoms with E-state index in [4.69, 9.17) is 0 Å². The molecule has 0 spiro atoms. The predicted octanol–water partition coefficient (Wildman–Crippen LogP) is 3.53. The first-order valence-electron chi connectivity index (χ1n) is 3.69. The fourth-order valence-electron chi connectivity index (χ4n) is 0.874. The summed E-state index contributed by atoms with van der Waals surface area (Å²) in [6.07, 6.45) is 15.5. The fourth-order valence-corrected chi connectivity index (χ4v) is 0.874. The van der Waals surface area contributed by atoms with Gasteiger partial charge < -0.3 is 0 Å². The van der Waals surface area contributed by atoms with E-state index in [9.17, 15) is 0 Å². The molecule has 0 fully saturated rings. The Morgan fingerprint density at radius 3 is 1.70 bits per heavy atom. The van der Waals surface area contributed by atoms with E-state index in [0.717, 1.165) is 0 Å². The van der Waals surface area contributed by atoms with Crippen molar-refractivity contribution in [2.45, 2.75) is 25.7 Å². The Morgan fingerprint density at radius 2 is 1.30 bits per heavy atom. The lowest BCUT2D eigenvalue weighted by Gasteiger charge is -1.94. The third-order valence-electron chi connectivity index (χ3n) is 1.37. The van der Waals surface area contributed by atoms with Crippen LogP contribution in [0.15, 0.2) is 24.3 Å². The van der Waals surface area contributed by atoms with Crippen LogP contribution >= 0.6 is 11.6 Å². The molecule has 1 aliphatic rings. The number of hydrogen-bond donors (Lipinski definition) is 0. The lowest BCUT2D eigenvalue weighted by atomic mass is 10.1. The van der Waals surface area contributed by atoms with Crippen LogP contribution < -0.4 is 0 Å². The quantitative estimate of drug-likeness (QED) is 0.474. The van der Waals surface area contributed by atoms with E-state index in [-0.39, 0.29) is 0 Å². The molecule has 0 saturated carbocycles. The molecule has 0 radical (unpaired) electrons. The van der Waals surface area contributed by atoms with Gasteiger partial charge in [-0.2, -0.15) is 0 Å². The molecule has 1 aliphatic carbocycles. The fraction of sp³-hybridized carbons (Fsp3) is 0.556. The summed E-state index contributed by atoms with van der Waals surface area (Å²) in [5.41, 5.74) is 0. The number of allylic oxidation sites excluding steroid dienone is 4. The van der Waals surface area contributed by atoms with Gasteiger partial charge in [-0.25, -0.2) is 0 Å². The average molecular weight is 159 g/mol. The highest BCUT2D eigenvalue weighted by Gasteiger charge is 1.84. The van der Waals surface area contributed by atoms with Crippen molar-refractivity contribution in [3.63, 3.8) is 0 Å². The highest BCUT2D eigenvalue weighted by Crippen LogP contribution is 2.04. The SMILES string of the molecule is C1=CCCCCC=C1.CCl. The van der Waals surface area contributed by atoms with Crippen molar-refractivity contribution in [1.29, 1.82) is 0 Å². The van der Waals surface area contributed by atoms with E-state index >= 15 is 0 Å². The van der Waals surface area contributed by atoms with E-state index in [1.54, 1.807) is 0 Å². The van der Waals surface area contributed by atoms with E-state index in [1.807, 2.05) is 0 Å². The van der Waals surface area contributed by atoms with Crippen LogP contribution in [0.3, 0.4) is 0 Å². The molecule has 0 nitrogen and oxygen atoms in total. The molecule has 0 bridgehead atoms. The lowest BCUT2D eigenvalue weighted by molar-refractivity contribution is 0.758. The first-order chi connectivity index (χ1) is 5.00. The Balaban J connectivity index is 0.000000371. The predicted molar refractivity (Wildman–Crippen MR) is 48.5 cm³/mol. The summed E-state index contributed by atoms with van der Waals surface area (Å²) >= 11 is 4.64. The number of rotatable bonds is 0. The van der Waals surface area contributed by atoms with Crippen LogP contribution in [0.25, 0.3) is 0 Å². The Labute approximate surface area is 68.6 Å². The molecule has 1 rings (SSSR count). The standard InChI is InChI=1S/C8H12.CH3Cl/c1-2-4-6-8-7-5-3-1;1-2/h1-4H,5-8H2;1H3. The summed E-state index contributed by atoms with van der Waals surface area (Å²) in [5, 5.41) is 0. The smallest absolute Gasteiger partial charge is 0.0108 e. The van der Waals surface area contributed by atoms with Gasteiger partial charge in [-0.1, -0.05) is 24.3 Å². The highest BCUT2D eigenvalue weighted by atomic mass is 35.5. The van der Waals surface area contributed by atoms with Gasteiger partial charge in [-0.15, -0.1) is 11.6 Å². The lowest BCUT2D eigenvalue weighted by Crippen LogP contribution is -1.74. The minimum atomic E-state index is 1.27. The van der Waals surface area contributed by atoms with E-state index < -0.39 is 0 Å². The van der Waals surface area contributed by atoms with Crippen molar-refractivity contribution >= 4 is 11.6 Å². The summed E-state index contributed by atoms with van der Waals surface area (Å²) < 4.78 is 0. The van der Waals surface area contributed by atoms with Crippen LogP contribution in [0.1, 0.15) is 25.7 Å². The molecular weight excluding hydrogens is 144 g/mol. The maximum atomic E-state index is 4.64. The van der Waals surface area contributed by atoms with E-state index in [2.05, 4.69) is 35.9 Å². The molecule has 0 atom stereocenters. The zero-order chi connectivity index (χ0) is 7.66. The molecular formula is C9H15Cl. The zero-order valence-electron chi connectivity index (χ0n) is 6.52. The van der Waals surface area contributed by atoms with Crippen molar-refractivity contribution in [2.24, 2.45) is 0 Å². The minimum absolute atomic E-state index is 1.27. The summed E-state index contributed by atoms with van der Waals surface area (Å²) in [7, 11) is 0. The topological polar surface area (TPSA) is 0 Å². The summed E-state index contributed by atoms with van der Waals surface area (Å²) in [4.78, 5) is 0. The van der Waals surface area contributed by atoms with Gasteiger partial charge in [-0.3, -0.25) is 0 Å². The van der Waals surface area contributed by atoms with Crippen LogP contribution in [0.4, 0.5) is 0 Å². The molecule has 0 aromatic rings. The molecule has 0 heterocycles. The van der Waals surface area contributed by atoms with Gasteiger partial charge in [0, 0.05) is 6.38 Å². The second-order valence-electron chi connectivity index (χ2n) is 2.14. The van der Waals surface area contributed by atoms with E-state index in [1.165, 1.54) is 32.1 Å². The molecule has 0 aromatic carbocycles. The van der Waals surface area contributed by atoms with Gasteiger partial charge in [0.05, 0.1) is 0 Å². The first-order valence-corrected chi connectivity index (χ1v) is 4.45. The third-order valence-corrected chi connectivity index (χ3v) is 1.37. The van der Waals surface area contributed by atoms with Crippen molar-refractivity contribution in [3.8, 4) is 0 Å². The molecule has 0 aromatic heterocycles. The summed E-state index contributed by atoms with van der Waals surface area (Å²) in [6, 6.07) is 0. The Morgan fingerprint density at radius 1 is 0.900 bits per heavy atom. The monoisotopic (exact) mass is 158 g/mol. The molecule has 0 unspecified atom stereocenters. The highest BCUT2D eigenvalue weighted by molar-refractivity contribution is 6.15. The maximum absolute atomic E-state index is 4.64. The van der Waals surface area contributed by atoms with Crippen LogP contribution in [-0.2, 0) is 0 Å². The molecule has 0 amide bonds. The van der Waals surface area contributed by atoms with Crippen molar-refractivity contribution in [2.75, 3.05) is 6.38 Å². The maximum Gasteiger partial charge on any atom is 0.0108 e. The van der Waals surface area contributed by atoms with Crippen LogP contribution in [0.5, 0.6) is 0 Å². The average Bonchev–Trinajstić information content (AvgIpc) is 1.90. The molecule has 0 saturated heterocycles. The van der Waals surface area contributed by atoms with Crippen molar-refractivity contribution in [3.05, 3.63) is 24.3 Å². The Kier molecular flexibility index (Phi) is 8.57. The zero-order valence-corrected chi connectivity index (χ0v) is 7.27. The number of hydrogen-bond acceptors (Lipinski definition) is 0. The van der Waals surface area contributed by atoms with Gasteiger partial charge >= 0.3 is 0 Å². The number of alkyl halides is 1. The molecule has 58 valence electrons. The van der Waals surface area contributed by atoms with Crippen molar-refractivity contribution < 1.29 is 0 Å². The normalized spacial score (nSPS) is 16.6. The van der Waals surface area contributed by atoms with Gasteiger partial charge in [-0.05, 0) is 25.7 Å². The third kappa shape index (κ3) is 5.90. The van der Waals surface area contributed by atoms with Crippen LogP contribution in [-0.4, -0.2) is 6.38 Å². The largest absolute Gasteiger partial charge is 0.130 e. The van der Waals surface area contributed by atoms with Gasteiger partial charge in [0.2, 0.25) is 0 Å². The van der Waals surface area contributed by atoms with E-state index in [0.29, 0.717) is 0 Å². The summed E-state index contributed by atoms with van der Waals surface area (Å²) in [6.45, 7) is 0. The first kappa shape index (κ1) is 9.77. The Bertz CT molecular complexity index is 89.3. The van der Waals surface area contributed by atoms with Crippen LogP contribution in [0, 0.1) is 0 Å². The molecule has 1 heteroatoms. The van der Waals surface area contributed by atoms with Gasteiger partial charge in [0.25, 0.3) is 0 Å². The Hall–Kier alpha value is -0.230. The number of halogens is 1. The second-order valence-corrected chi connectivity index (χ2v) is 2.14. The summed E-state index contributed by atoms with van der Waals surface area (Å²) in [5.74, 6) is 0. The van der Waals surface area contributed by atoms with Gasteiger partial charge in [0.15, 0.2) is 0 Å². The molecule has 10 heavy (non-hydrogen) atoms. The van der Waals surface area contributed by atoms with Crippen LogP contribution in [0.2, 0.25) is 0 Å².